The van der Waals surface area contributed by atoms with Gasteiger partial charge in [-0.2, -0.15) is 0 Å². The van der Waals surface area contributed by atoms with Gasteiger partial charge in [-0.05, 0) is 53.3 Å². The number of hydrogen-bond acceptors (Lipinski definition) is 5. The lowest BCUT2D eigenvalue weighted by molar-refractivity contribution is -0.147. The van der Waals surface area contributed by atoms with Gasteiger partial charge >= 0.3 is 5.97 Å². The maximum atomic E-state index is 13.6. The Morgan fingerprint density at radius 2 is 1.34 bits per heavy atom. The largest absolute Gasteiger partial charge is 0.456 e. The second-order valence-corrected chi connectivity index (χ2v) is 11.6. The van der Waals surface area contributed by atoms with Gasteiger partial charge in [0, 0.05) is 29.8 Å². The molecular formula is C32H28Cl2N2O5. The van der Waals surface area contributed by atoms with Gasteiger partial charge in [0.25, 0.3) is 5.91 Å². The number of rotatable bonds is 9. The molecule has 7 rings (SSSR count). The zero-order chi connectivity index (χ0) is 28.7. The molecule has 41 heavy (non-hydrogen) atoms. The number of likely N-dealkylation sites (tertiary alicyclic amines) is 1. The second kappa shape index (κ2) is 11.3. The van der Waals surface area contributed by atoms with E-state index in [1.165, 1.54) is 11.0 Å². The third kappa shape index (κ3) is 5.02. The van der Waals surface area contributed by atoms with Crippen molar-refractivity contribution in [3.05, 3.63) is 99.0 Å². The quantitative estimate of drug-likeness (QED) is 0.189. The van der Waals surface area contributed by atoms with E-state index in [0.29, 0.717) is 36.5 Å². The number of carbonyl (C=O) groups is 4. The van der Waals surface area contributed by atoms with Gasteiger partial charge in [-0.3, -0.25) is 24.1 Å². The molecular weight excluding hydrogens is 563 g/mol. The maximum Gasteiger partial charge on any atom is 0.306 e. The topological polar surface area (TPSA) is 92.8 Å². The average Bonchev–Trinajstić information content (AvgIpc) is 3.23. The Hall–Kier alpha value is -3.68. The van der Waals surface area contributed by atoms with Crippen LogP contribution >= 0.6 is 23.2 Å². The van der Waals surface area contributed by atoms with Crippen LogP contribution in [0.4, 0.5) is 5.69 Å². The monoisotopic (exact) mass is 590 g/mol. The molecule has 3 aromatic carbocycles. The highest BCUT2D eigenvalue weighted by molar-refractivity contribution is 6.36. The molecule has 1 saturated heterocycles. The van der Waals surface area contributed by atoms with Crippen molar-refractivity contribution >= 4 is 52.6 Å². The first-order valence-electron chi connectivity index (χ1n) is 13.8. The number of halogens is 2. The Kier molecular flexibility index (Phi) is 7.58. The summed E-state index contributed by atoms with van der Waals surface area (Å²) in [5, 5.41) is 3.31. The number of ether oxygens (including phenoxy) is 1. The van der Waals surface area contributed by atoms with Crippen LogP contribution in [0.1, 0.15) is 59.8 Å². The lowest BCUT2D eigenvalue weighted by Crippen LogP contribution is -2.41. The molecule has 3 aromatic rings. The van der Waals surface area contributed by atoms with Crippen molar-refractivity contribution in [1.29, 1.82) is 0 Å². The third-order valence-corrected chi connectivity index (χ3v) is 8.92. The Balaban J connectivity index is 0.996. The maximum absolute atomic E-state index is 13.6. The summed E-state index contributed by atoms with van der Waals surface area (Å²) in [6, 6.07) is 21.0. The summed E-state index contributed by atoms with van der Waals surface area (Å²) in [4.78, 5) is 52.9. The second-order valence-electron chi connectivity index (χ2n) is 10.7. The molecule has 7 nitrogen and oxygen atoms in total. The van der Waals surface area contributed by atoms with Gasteiger partial charge in [0.2, 0.25) is 11.8 Å². The van der Waals surface area contributed by atoms with Gasteiger partial charge in [0.15, 0.2) is 6.61 Å². The van der Waals surface area contributed by atoms with E-state index in [1.54, 1.807) is 12.1 Å². The van der Waals surface area contributed by atoms with E-state index in [9.17, 15) is 19.2 Å². The fourth-order valence-corrected chi connectivity index (χ4v) is 7.13. The molecule has 0 radical (unpaired) electrons. The molecule has 1 fully saturated rings. The number of nitrogens with one attached hydrogen (secondary N) is 1. The van der Waals surface area contributed by atoms with Crippen LogP contribution in [0.2, 0.25) is 10.0 Å². The highest BCUT2D eigenvalue weighted by Crippen LogP contribution is 2.60. The van der Waals surface area contributed by atoms with Crippen molar-refractivity contribution in [1.82, 2.24) is 4.90 Å². The Morgan fingerprint density at radius 3 is 1.88 bits per heavy atom. The minimum Gasteiger partial charge on any atom is -0.456 e. The zero-order valence-corrected chi connectivity index (χ0v) is 23.7. The average molecular weight is 591 g/mol. The summed E-state index contributed by atoms with van der Waals surface area (Å²) in [5.41, 5.74) is 5.00. The number of hydrogen-bond donors (Lipinski definition) is 1. The van der Waals surface area contributed by atoms with Crippen LogP contribution in [0.25, 0.3) is 0 Å². The fraction of sp³-hybridized carbons (Fsp3) is 0.312. The molecule has 3 amide bonds. The number of nitrogens with zero attached hydrogens (tertiary/aromatic N) is 1. The molecule has 1 N–H and O–H groups in total. The Labute approximate surface area is 247 Å². The van der Waals surface area contributed by atoms with E-state index in [4.69, 9.17) is 27.9 Å². The summed E-state index contributed by atoms with van der Waals surface area (Å²) < 4.78 is 5.07. The molecule has 210 valence electrons. The molecule has 4 aliphatic rings. The van der Waals surface area contributed by atoms with Crippen LogP contribution < -0.4 is 5.32 Å². The predicted octanol–water partition coefficient (Wildman–Crippen LogP) is 5.93. The number of unbranched alkanes of at least 4 members (excludes halogenated alkanes) is 2. The number of esters is 1. The van der Waals surface area contributed by atoms with Crippen LogP contribution in [0.15, 0.2) is 66.7 Å². The zero-order valence-electron chi connectivity index (χ0n) is 22.1. The Morgan fingerprint density at radius 1 is 0.780 bits per heavy atom. The molecule has 0 aromatic heterocycles. The van der Waals surface area contributed by atoms with E-state index in [1.807, 2.05) is 24.3 Å². The highest BCUT2D eigenvalue weighted by atomic mass is 35.5. The first-order valence-corrected chi connectivity index (χ1v) is 14.5. The van der Waals surface area contributed by atoms with Crippen LogP contribution in [0.3, 0.4) is 0 Å². The number of imide groups is 1. The highest BCUT2D eigenvalue weighted by Gasteiger charge is 2.61. The van der Waals surface area contributed by atoms with Crippen molar-refractivity contribution in [2.75, 3.05) is 18.5 Å². The fourth-order valence-electron chi connectivity index (χ4n) is 6.67. The van der Waals surface area contributed by atoms with Crippen LogP contribution in [0.5, 0.6) is 0 Å². The summed E-state index contributed by atoms with van der Waals surface area (Å²) >= 11 is 11.9. The van der Waals surface area contributed by atoms with Crippen LogP contribution in [-0.4, -0.2) is 41.7 Å². The minimum absolute atomic E-state index is 0.0924. The SMILES string of the molecule is O=C(COC(=O)CCCCCN1C(=O)[C@@H]2C3c4ccccc4C(c4ccccc43)[C@@H]2C1=O)Nc1ccc(Cl)cc1Cl. The first-order chi connectivity index (χ1) is 19.8. The number of amides is 3. The van der Waals surface area contributed by atoms with Crippen molar-refractivity contribution in [3.63, 3.8) is 0 Å². The van der Waals surface area contributed by atoms with E-state index < -0.39 is 18.5 Å². The van der Waals surface area contributed by atoms with Gasteiger partial charge < -0.3 is 10.1 Å². The van der Waals surface area contributed by atoms with Gasteiger partial charge in [0.05, 0.1) is 22.5 Å². The summed E-state index contributed by atoms with van der Waals surface area (Å²) in [6.45, 7) is -0.0967. The van der Waals surface area contributed by atoms with Crippen molar-refractivity contribution < 1.29 is 23.9 Å². The van der Waals surface area contributed by atoms with E-state index in [0.717, 1.165) is 22.3 Å². The third-order valence-electron chi connectivity index (χ3n) is 8.37. The Bertz CT molecular complexity index is 1440. The molecule has 3 aliphatic carbocycles. The number of benzene rings is 3. The molecule has 1 heterocycles. The molecule has 2 atom stereocenters. The number of anilines is 1. The molecule has 0 spiro atoms. The summed E-state index contributed by atoms with van der Waals surface area (Å²) in [5.74, 6) is -2.15. The van der Waals surface area contributed by atoms with E-state index in [2.05, 4.69) is 29.6 Å². The molecule has 0 saturated carbocycles. The van der Waals surface area contributed by atoms with Gasteiger partial charge in [-0.25, -0.2) is 0 Å². The van der Waals surface area contributed by atoms with Crippen LogP contribution in [-0.2, 0) is 23.9 Å². The smallest absolute Gasteiger partial charge is 0.306 e. The molecule has 2 bridgehead atoms. The van der Waals surface area contributed by atoms with Gasteiger partial charge in [-0.1, -0.05) is 78.2 Å². The number of carbonyl (C=O) groups excluding carboxylic acids is 4. The summed E-state index contributed by atoms with van der Waals surface area (Å²) in [7, 11) is 0. The van der Waals surface area contributed by atoms with E-state index >= 15 is 0 Å². The van der Waals surface area contributed by atoms with Crippen molar-refractivity contribution in [2.24, 2.45) is 11.8 Å². The molecule has 0 unspecified atom stereocenters. The van der Waals surface area contributed by atoms with Crippen molar-refractivity contribution in [2.45, 2.75) is 37.5 Å². The van der Waals surface area contributed by atoms with E-state index in [-0.39, 0.29) is 46.9 Å². The van der Waals surface area contributed by atoms with Crippen molar-refractivity contribution in [3.8, 4) is 0 Å². The lowest BCUT2D eigenvalue weighted by atomic mass is 9.55. The normalized spacial score (nSPS) is 21.8. The lowest BCUT2D eigenvalue weighted by Gasteiger charge is -2.45. The van der Waals surface area contributed by atoms with Gasteiger partial charge in [0.1, 0.15) is 0 Å². The predicted molar refractivity (Wildman–Crippen MR) is 155 cm³/mol. The molecule has 1 aliphatic heterocycles. The van der Waals surface area contributed by atoms with Gasteiger partial charge in [-0.15, -0.1) is 0 Å². The molecule has 9 heteroatoms. The first kappa shape index (κ1) is 27.5. The summed E-state index contributed by atoms with van der Waals surface area (Å²) in [6.07, 6.45) is 1.89. The standard InChI is InChI=1S/C32H28Cl2N2O5/c33-18-13-14-24(23(34)16-18)35-25(37)17-41-26(38)12-2-1-7-15-36-31(39)29-27-19-8-3-4-9-20(19)28(30(29)32(36)40)22-11-6-5-10-21(22)27/h3-6,8-11,13-14,16,27-30H,1-2,7,12,15,17H2,(H,35,37)/t27?,28?,29-,30+. The minimum atomic E-state index is -0.506. The van der Waals surface area contributed by atoms with Crippen LogP contribution in [0, 0.1) is 11.8 Å².